The zero-order valence-electron chi connectivity index (χ0n) is 18.2. The van der Waals surface area contributed by atoms with Crippen molar-refractivity contribution in [3.05, 3.63) is 65.2 Å². The lowest BCUT2D eigenvalue weighted by Gasteiger charge is -2.26. The second-order valence-corrected chi connectivity index (χ2v) is 8.66. The molecule has 34 heavy (non-hydrogen) atoms. The first-order chi connectivity index (χ1) is 16.6. The van der Waals surface area contributed by atoms with Crippen molar-refractivity contribution in [1.82, 2.24) is 24.5 Å². The number of pyridine rings is 1. The Hall–Kier alpha value is -3.54. The zero-order valence-corrected chi connectivity index (χ0v) is 19.8. The average Bonchev–Trinajstić information content (AvgIpc) is 3.20. The van der Waals surface area contributed by atoms with Crippen molar-refractivity contribution in [2.75, 3.05) is 42.7 Å². The third-order valence-corrected chi connectivity index (χ3v) is 6.00. The number of morpholine rings is 1. The van der Waals surface area contributed by atoms with Crippen LogP contribution in [0.5, 0.6) is 0 Å². The summed E-state index contributed by atoms with van der Waals surface area (Å²) in [5, 5.41) is 9.98. The van der Waals surface area contributed by atoms with Gasteiger partial charge in [0.15, 0.2) is 5.82 Å². The molecule has 0 atom stereocenters. The number of hydrogen-bond acceptors (Lipinski definition) is 7. The van der Waals surface area contributed by atoms with Gasteiger partial charge < -0.3 is 15.8 Å². The van der Waals surface area contributed by atoms with Crippen LogP contribution in [0.1, 0.15) is 5.69 Å². The maximum Gasteiger partial charge on any atom is 0.324 e. The number of nitrogen functional groups attached to an aromatic ring is 1. The second kappa shape index (κ2) is 9.75. The Labute approximate surface area is 204 Å². The average molecular weight is 523 g/mol. The Morgan fingerprint density at radius 2 is 1.91 bits per heavy atom. The van der Waals surface area contributed by atoms with E-state index in [-0.39, 0.29) is 6.03 Å². The number of nitrogens with zero attached hydrogens (tertiary/aromatic N) is 5. The molecule has 4 aromatic rings. The lowest BCUT2D eigenvalue weighted by molar-refractivity contribution is 0.0334. The Morgan fingerprint density at radius 3 is 2.68 bits per heavy atom. The van der Waals surface area contributed by atoms with Gasteiger partial charge >= 0.3 is 6.03 Å². The number of aromatic nitrogens is 4. The number of nitrogens with two attached hydrogens (primary N) is 1. The van der Waals surface area contributed by atoms with E-state index in [2.05, 4.69) is 52.6 Å². The first kappa shape index (κ1) is 22.3. The summed E-state index contributed by atoms with van der Waals surface area (Å²) in [6.07, 6.45) is 1.47. The van der Waals surface area contributed by atoms with Gasteiger partial charge in [0.25, 0.3) is 0 Å². The highest BCUT2D eigenvalue weighted by atomic mass is 79.9. The molecule has 0 radical (unpaired) electrons. The van der Waals surface area contributed by atoms with Gasteiger partial charge in [0, 0.05) is 30.9 Å². The molecule has 1 aliphatic heterocycles. The fourth-order valence-corrected chi connectivity index (χ4v) is 4.29. The van der Waals surface area contributed by atoms with E-state index in [1.54, 1.807) is 18.2 Å². The van der Waals surface area contributed by atoms with Gasteiger partial charge in [-0.1, -0.05) is 18.2 Å². The van der Waals surface area contributed by atoms with E-state index < -0.39 is 0 Å². The molecule has 10 nitrogen and oxygen atoms in total. The molecule has 5 rings (SSSR count). The van der Waals surface area contributed by atoms with Crippen molar-refractivity contribution < 1.29 is 9.53 Å². The number of hydrogen-bond donors (Lipinski definition) is 3. The molecule has 0 bridgehead atoms. The molecule has 1 aromatic carbocycles. The van der Waals surface area contributed by atoms with E-state index in [4.69, 9.17) is 10.5 Å². The Balaban J connectivity index is 1.36. The highest BCUT2D eigenvalue weighted by Gasteiger charge is 2.18. The minimum Gasteiger partial charge on any atom is -0.382 e. The van der Waals surface area contributed by atoms with Crippen LogP contribution in [0.3, 0.4) is 0 Å². The number of urea groups is 1. The highest BCUT2D eigenvalue weighted by Crippen LogP contribution is 2.31. The maximum atomic E-state index is 12.3. The van der Waals surface area contributed by atoms with E-state index in [1.807, 2.05) is 28.8 Å². The van der Waals surface area contributed by atoms with Gasteiger partial charge in [-0.15, -0.1) is 0 Å². The number of anilines is 3. The number of rotatable bonds is 5. The van der Waals surface area contributed by atoms with E-state index >= 15 is 0 Å². The zero-order chi connectivity index (χ0) is 23.5. The summed E-state index contributed by atoms with van der Waals surface area (Å²) in [5.74, 6) is 0.869. The van der Waals surface area contributed by atoms with E-state index in [1.165, 1.54) is 6.33 Å². The van der Waals surface area contributed by atoms with Gasteiger partial charge in [0.1, 0.15) is 22.3 Å². The molecule has 1 fully saturated rings. The summed E-state index contributed by atoms with van der Waals surface area (Å²) < 4.78 is 7.96. The van der Waals surface area contributed by atoms with Crippen LogP contribution in [0, 0.1) is 0 Å². The summed E-state index contributed by atoms with van der Waals surface area (Å²) >= 11 is 3.29. The molecule has 0 saturated carbocycles. The largest absolute Gasteiger partial charge is 0.382 e. The third-order valence-electron chi connectivity index (χ3n) is 5.56. The molecule has 3 aromatic heterocycles. The van der Waals surface area contributed by atoms with Gasteiger partial charge in [-0.25, -0.2) is 19.3 Å². The number of nitrogens with one attached hydrogen (secondary N) is 2. The van der Waals surface area contributed by atoms with Crippen LogP contribution in [0.4, 0.5) is 22.1 Å². The number of benzene rings is 1. The number of carbonyl (C=O) groups excluding carboxylic acids is 1. The number of amides is 2. The minimum absolute atomic E-state index is 0.377. The molecule has 11 heteroatoms. The lowest BCUT2D eigenvalue weighted by Crippen LogP contribution is -2.36. The fraction of sp³-hybridized carbons (Fsp3) is 0.217. The summed E-state index contributed by atoms with van der Waals surface area (Å²) in [6.45, 7) is 3.95. The molecular weight excluding hydrogens is 500 g/mol. The van der Waals surface area contributed by atoms with Gasteiger partial charge in [-0.05, 0) is 51.8 Å². The van der Waals surface area contributed by atoms with Gasteiger partial charge in [-0.2, -0.15) is 5.10 Å². The van der Waals surface area contributed by atoms with Crippen molar-refractivity contribution in [3.63, 3.8) is 0 Å². The maximum absolute atomic E-state index is 12.3. The predicted octanol–water partition coefficient (Wildman–Crippen LogP) is 3.61. The molecule has 174 valence electrons. The van der Waals surface area contributed by atoms with Crippen LogP contribution in [-0.2, 0) is 11.3 Å². The minimum atomic E-state index is -0.377. The van der Waals surface area contributed by atoms with E-state index in [9.17, 15) is 4.79 Å². The van der Waals surface area contributed by atoms with Crippen LogP contribution < -0.4 is 16.4 Å². The third kappa shape index (κ3) is 4.86. The van der Waals surface area contributed by atoms with Crippen LogP contribution in [0.15, 0.2) is 59.5 Å². The van der Waals surface area contributed by atoms with Gasteiger partial charge in [0.05, 0.1) is 18.9 Å². The topological polar surface area (TPSA) is 123 Å². The number of carbonyl (C=O) groups is 1. The van der Waals surface area contributed by atoms with Crippen LogP contribution in [0.2, 0.25) is 0 Å². The van der Waals surface area contributed by atoms with Crippen molar-refractivity contribution in [2.45, 2.75) is 6.54 Å². The second-order valence-electron chi connectivity index (χ2n) is 7.85. The Bertz CT molecular complexity index is 1320. The SMILES string of the molecule is Nc1ncnn2c(CN3CCOCC3)cc(-c3ccc(NC(=O)Nc4cccc(Br)n4)cc3)c12. The van der Waals surface area contributed by atoms with Crippen molar-refractivity contribution >= 4 is 44.8 Å². The van der Waals surface area contributed by atoms with Crippen LogP contribution >= 0.6 is 15.9 Å². The molecule has 0 spiro atoms. The monoisotopic (exact) mass is 522 g/mol. The molecule has 1 aliphatic rings. The van der Waals surface area contributed by atoms with Crippen molar-refractivity contribution in [1.29, 1.82) is 0 Å². The molecule has 0 aliphatic carbocycles. The fourth-order valence-electron chi connectivity index (χ4n) is 3.94. The summed E-state index contributed by atoms with van der Waals surface area (Å²) in [5.41, 5.74) is 10.6. The normalized spacial score (nSPS) is 14.3. The van der Waals surface area contributed by atoms with Gasteiger partial charge in [-0.3, -0.25) is 10.2 Å². The quantitative estimate of drug-likeness (QED) is 0.342. The molecule has 1 saturated heterocycles. The molecule has 4 N–H and O–H groups in total. The van der Waals surface area contributed by atoms with Crippen molar-refractivity contribution in [2.24, 2.45) is 0 Å². The van der Waals surface area contributed by atoms with E-state index in [0.717, 1.165) is 55.2 Å². The first-order valence-corrected chi connectivity index (χ1v) is 11.6. The number of ether oxygens (including phenoxy) is 1. The summed E-state index contributed by atoms with van der Waals surface area (Å²) in [4.78, 5) is 23.1. The molecule has 4 heterocycles. The van der Waals surface area contributed by atoms with E-state index in [0.29, 0.717) is 21.9 Å². The highest BCUT2D eigenvalue weighted by molar-refractivity contribution is 9.10. The summed E-state index contributed by atoms with van der Waals surface area (Å²) in [7, 11) is 0. The number of fused-ring (bicyclic) bond motifs is 1. The standard InChI is InChI=1S/C23H23BrN8O2/c24-19-2-1-3-20(29-19)30-23(33)28-16-6-4-15(5-7-16)18-12-17(13-31-8-10-34-11-9-31)32-21(18)22(25)26-14-27-32/h1-7,12,14H,8-11,13H2,(H2,25,26,27)(H2,28,29,30,33). The smallest absolute Gasteiger partial charge is 0.324 e. The summed E-state index contributed by atoms with van der Waals surface area (Å²) in [6, 6.07) is 14.6. The van der Waals surface area contributed by atoms with Gasteiger partial charge in [0.2, 0.25) is 0 Å². The number of halogens is 1. The Kier molecular flexibility index (Phi) is 6.39. The molecular formula is C23H23BrN8O2. The molecule has 2 amide bonds. The van der Waals surface area contributed by atoms with Crippen LogP contribution in [-0.4, -0.2) is 56.8 Å². The van der Waals surface area contributed by atoms with Crippen molar-refractivity contribution in [3.8, 4) is 11.1 Å². The molecule has 0 unspecified atom stereocenters. The predicted molar refractivity (Wildman–Crippen MR) is 134 cm³/mol. The van der Waals surface area contributed by atoms with Crippen LogP contribution in [0.25, 0.3) is 16.6 Å². The lowest BCUT2D eigenvalue weighted by atomic mass is 10.1. The Morgan fingerprint density at radius 1 is 1.12 bits per heavy atom. The first-order valence-electron chi connectivity index (χ1n) is 10.8.